The summed E-state index contributed by atoms with van der Waals surface area (Å²) in [7, 11) is 0. The zero-order valence-corrected chi connectivity index (χ0v) is 11.6. The van der Waals surface area contributed by atoms with Crippen molar-refractivity contribution < 1.29 is 4.39 Å². The van der Waals surface area contributed by atoms with Crippen LogP contribution in [0.25, 0.3) is 0 Å². The topological polar surface area (TPSA) is 50.9 Å². The minimum absolute atomic E-state index is 0.0763. The molecule has 0 aliphatic heterocycles. The fourth-order valence-corrected chi connectivity index (χ4v) is 2.21. The Labute approximate surface area is 119 Å². The van der Waals surface area contributed by atoms with Crippen molar-refractivity contribution in [2.45, 2.75) is 25.8 Å². The number of halogens is 1. The maximum absolute atomic E-state index is 13.4. The first-order chi connectivity index (χ1) is 9.69. The molecule has 2 aromatic rings. The summed E-state index contributed by atoms with van der Waals surface area (Å²) in [5.41, 5.74) is 7.75. The number of benzene rings is 1. The molecular formula is C16H20FN3. The van der Waals surface area contributed by atoms with Gasteiger partial charge in [-0.15, -0.1) is 0 Å². The smallest absolute Gasteiger partial charge is 0.123 e. The van der Waals surface area contributed by atoms with Gasteiger partial charge in [0, 0.05) is 12.2 Å². The maximum Gasteiger partial charge on any atom is 0.123 e. The Morgan fingerprint density at radius 2 is 2.15 bits per heavy atom. The molecule has 0 aliphatic carbocycles. The van der Waals surface area contributed by atoms with Crippen LogP contribution in [0.3, 0.4) is 0 Å². The molecule has 0 radical (unpaired) electrons. The quantitative estimate of drug-likeness (QED) is 0.850. The Kier molecular flexibility index (Phi) is 5.07. The van der Waals surface area contributed by atoms with Crippen LogP contribution in [0.2, 0.25) is 0 Å². The predicted octanol–water partition coefficient (Wildman–Crippen LogP) is 3.09. The van der Waals surface area contributed by atoms with Crippen LogP contribution in [-0.4, -0.2) is 11.5 Å². The van der Waals surface area contributed by atoms with Crippen molar-refractivity contribution in [3.8, 4) is 0 Å². The summed E-state index contributed by atoms with van der Waals surface area (Å²) in [6, 6.07) is 10.6. The number of hydrogen-bond acceptors (Lipinski definition) is 3. The van der Waals surface area contributed by atoms with Crippen LogP contribution in [0.15, 0.2) is 42.6 Å². The molecule has 3 N–H and O–H groups in total. The molecule has 1 unspecified atom stereocenters. The van der Waals surface area contributed by atoms with Gasteiger partial charge in [-0.2, -0.15) is 0 Å². The number of nitrogens with zero attached hydrogens (tertiary/aromatic N) is 1. The lowest BCUT2D eigenvalue weighted by Gasteiger charge is -2.19. The summed E-state index contributed by atoms with van der Waals surface area (Å²) in [4.78, 5) is 3.99. The van der Waals surface area contributed by atoms with E-state index in [1.807, 2.05) is 18.2 Å². The molecule has 0 spiro atoms. The van der Waals surface area contributed by atoms with Crippen LogP contribution in [0, 0.1) is 5.82 Å². The minimum atomic E-state index is -0.208. The van der Waals surface area contributed by atoms with Crippen molar-refractivity contribution in [1.29, 1.82) is 0 Å². The third-order valence-corrected chi connectivity index (χ3v) is 3.18. The number of aromatic nitrogens is 1. The van der Waals surface area contributed by atoms with E-state index < -0.39 is 0 Å². The number of nitrogens with one attached hydrogen (secondary N) is 1. The molecule has 1 aromatic carbocycles. The van der Waals surface area contributed by atoms with Gasteiger partial charge >= 0.3 is 0 Å². The molecule has 1 heterocycles. The highest BCUT2D eigenvalue weighted by Crippen LogP contribution is 2.20. The molecule has 0 saturated heterocycles. The van der Waals surface area contributed by atoms with Crippen molar-refractivity contribution in [1.82, 2.24) is 10.3 Å². The number of rotatable bonds is 6. The summed E-state index contributed by atoms with van der Waals surface area (Å²) in [6.45, 7) is 3.00. The fraction of sp³-hybridized carbons (Fsp3) is 0.312. The predicted molar refractivity (Wildman–Crippen MR) is 79.8 cm³/mol. The summed E-state index contributed by atoms with van der Waals surface area (Å²) in [5.74, 6) is 0.302. The van der Waals surface area contributed by atoms with Crippen molar-refractivity contribution in [3.63, 3.8) is 0 Å². The Hall–Kier alpha value is -1.94. The number of nitrogens with two attached hydrogens (primary N) is 1. The van der Waals surface area contributed by atoms with E-state index in [1.165, 1.54) is 6.07 Å². The van der Waals surface area contributed by atoms with E-state index in [0.29, 0.717) is 5.82 Å². The third-order valence-electron chi connectivity index (χ3n) is 3.18. The normalized spacial score (nSPS) is 12.3. The van der Waals surface area contributed by atoms with Gasteiger partial charge in [-0.25, -0.2) is 9.37 Å². The number of hydrogen-bond donors (Lipinski definition) is 2. The van der Waals surface area contributed by atoms with E-state index in [0.717, 1.165) is 30.5 Å². The zero-order valence-electron chi connectivity index (χ0n) is 11.6. The standard InChI is InChI=1S/C16H20FN3/c1-2-7-19-15(13-4-3-5-14(17)11-13)9-12-6-8-20-16(18)10-12/h3-6,8,10-11,15,19H,2,7,9H2,1H3,(H2,18,20). The van der Waals surface area contributed by atoms with E-state index in [4.69, 9.17) is 5.73 Å². The molecule has 4 heteroatoms. The van der Waals surface area contributed by atoms with Gasteiger partial charge in [-0.05, 0) is 54.8 Å². The first-order valence-electron chi connectivity index (χ1n) is 6.88. The van der Waals surface area contributed by atoms with Gasteiger partial charge in [0.15, 0.2) is 0 Å². The second-order valence-electron chi connectivity index (χ2n) is 4.85. The molecule has 1 atom stereocenters. The van der Waals surface area contributed by atoms with E-state index in [-0.39, 0.29) is 11.9 Å². The second-order valence-corrected chi connectivity index (χ2v) is 4.85. The average Bonchev–Trinajstić information content (AvgIpc) is 2.43. The Morgan fingerprint density at radius 1 is 1.30 bits per heavy atom. The highest BCUT2D eigenvalue weighted by Gasteiger charge is 2.12. The van der Waals surface area contributed by atoms with Gasteiger partial charge < -0.3 is 11.1 Å². The molecular weight excluding hydrogens is 253 g/mol. The SMILES string of the molecule is CCCNC(Cc1ccnc(N)c1)c1cccc(F)c1. The van der Waals surface area contributed by atoms with E-state index in [1.54, 1.807) is 18.3 Å². The lowest BCUT2D eigenvalue weighted by molar-refractivity contribution is 0.524. The van der Waals surface area contributed by atoms with Gasteiger partial charge in [0.1, 0.15) is 11.6 Å². The molecule has 1 aromatic heterocycles. The number of anilines is 1. The summed E-state index contributed by atoms with van der Waals surface area (Å²) in [6.07, 6.45) is 3.49. The van der Waals surface area contributed by atoms with Crippen LogP contribution < -0.4 is 11.1 Å². The van der Waals surface area contributed by atoms with E-state index in [2.05, 4.69) is 17.2 Å². The van der Waals surface area contributed by atoms with Gasteiger partial charge in [0.25, 0.3) is 0 Å². The third kappa shape index (κ3) is 4.03. The van der Waals surface area contributed by atoms with Crippen LogP contribution in [-0.2, 0) is 6.42 Å². The highest BCUT2D eigenvalue weighted by molar-refractivity contribution is 5.33. The summed E-state index contributed by atoms with van der Waals surface area (Å²) < 4.78 is 13.4. The Balaban J connectivity index is 2.19. The Bertz CT molecular complexity index is 557. The number of nitrogen functional groups attached to an aromatic ring is 1. The second kappa shape index (κ2) is 7.01. The average molecular weight is 273 g/mol. The van der Waals surface area contributed by atoms with Crippen LogP contribution in [0.1, 0.15) is 30.5 Å². The van der Waals surface area contributed by atoms with Gasteiger partial charge in [-0.1, -0.05) is 19.1 Å². The lowest BCUT2D eigenvalue weighted by Crippen LogP contribution is -2.24. The van der Waals surface area contributed by atoms with E-state index >= 15 is 0 Å². The van der Waals surface area contributed by atoms with Gasteiger partial charge in [-0.3, -0.25) is 0 Å². The maximum atomic E-state index is 13.4. The lowest BCUT2D eigenvalue weighted by atomic mass is 9.99. The van der Waals surface area contributed by atoms with Crippen molar-refractivity contribution in [2.24, 2.45) is 0 Å². The molecule has 106 valence electrons. The van der Waals surface area contributed by atoms with Crippen molar-refractivity contribution in [2.75, 3.05) is 12.3 Å². The summed E-state index contributed by atoms with van der Waals surface area (Å²) in [5, 5.41) is 3.45. The minimum Gasteiger partial charge on any atom is -0.384 e. The molecule has 0 bridgehead atoms. The highest BCUT2D eigenvalue weighted by atomic mass is 19.1. The first kappa shape index (κ1) is 14.5. The molecule has 0 fully saturated rings. The van der Waals surface area contributed by atoms with Crippen molar-refractivity contribution in [3.05, 3.63) is 59.5 Å². The fourth-order valence-electron chi connectivity index (χ4n) is 2.21. The number of pyridine rings is 1. The monoisotopic (exact) mass is 273 g/mol. The van der Waals surface area contributed by atoms with Crippen LogP contribution in [0.5, 0.6) is 0 Å². The summed E-state index contributed by atoms with van der Waals surface area (Å²) >= 11 is 0. The molecule has 0 aliphatic rings. The largest absolute Gasteiger partial charge is 0.384 e. The van der Waals surface area contributed by atoms with E-state index in [9.17, 15) is 4.39 Å². The molecule has 0 saturated carbocycles. The molecule has 0 amide bonds. The van der Waals surface area contributed by atoms with Gasteiger partial charge in [0.05, 0.1) is 0 Å². The molecule has 2 rings (SSSR count). The molecule has 3 nitrogen and oxygen atoms in total. The first-order valence-corrected chi connectivity index (χ1v) is 6.88. The van der Waals surface area contributed by atoms with Crippen LogP contribution >= 0.6 is 0 Å². The zero-order chi connectivity index (χ0) is 14.4. The van der Waals surface area contributed by atoms with Crippen molar-refractivity contribution >= 4 is 5.82 Å². The Morgan fingerprint density at radius 3 is 2.85 bits per heavy atom. The molecule has 20 heavy (non-hydrogen) atoms. The van der Waals surface area contributed by atoms with Gasteiger partial charge in [0.2, 0.25) is 0 Å². The van der Waals surface area contributed by atoms with Crippen LogP contribution in [0.4, 0.5) is 10.2 Å².